The number of carbonyl (C=O) groups excluding carboxylic acids is 1. The van der Waals surface area contributed by atoms with Crippen LogP contribution in [0, 0.1) is 11.8 Å². The maximum Gasteiger partial charge on any atom is 0.237 e. The lowest BCUT2D eigenvalue weighted by atomic mass is 9.93. The topological polar surface area (TPSA) is 50.4 Å². The highest BCUT2D eigenvalue weighted by Gasteiger charge is 2.42. The Balaban J connectivity index is 1.47. The van der Waals surface area contributed by atoms with Gasteiger partial charge < -0.3 is 15.4 Å². The number of carbonyl (C=O) groups is 1. The monoisotopic (exact) mass is 288 g/mol. The Kier molecular flexibility index (Phi) is 4.44. The second-order valence-corrected chi connectivity index (χ2v) is 6.13. The molecule has 21 heavy (non-hydrogen) atoms. The molecule has 3 unspecified atom stereocenters. The highest BCUT2D eigenvalue weighted by Crippen LogP contribution is 2.37. The van der Waals surface area contributed by atoms with Gasteiger partial charge in [0.15, 0.2) is 0 Å². The number of hydrogen-bond acceptors (Lipinski definition) is 3. The lowest BCUT2D eigenvalue weighted by Crippen LogP contribution is -2.44. The van der Waals surface area contributed by atoms with E-state index in [1.807, 2.05) is 18.2 Å². The van der Waals surface area contributed by atoms with E-state index in [-0.39, 0.29) is 11.9 Å². The van der Waals surface area contributed by atoms with E-state index in [1.165, 1.54) is 24.8 Å². The number of amides is 1. The van der Waals surface area contributed by atoms with E-state index in [0.717, 1.165) is 24.6 Å². The summed E-state index contributed by atoms with van der Waals surface area (Å²) in [6, 6.07) is 8.04. The zero-order valence-electron chi connectivity index (χ0n) is 12.6. The van der Waals surface area contributed by atoms with E-state index in [2.05, 4.69) is 16.7 Å². The molecule has 4 heteroatoms. The maximum absolute atomic E-state index is 12.3. The lowest BCUT2D eigenvalue weighted by Gasteiger charge is -2.17. The van der Waals surface area contributed by atoms with Crippen LogP contribution in [0.1, 0.15) is 24.8 Å². The molecule has 2 aliphatic rings. The standard InChI is InChI=1S/C17H24N2O2/c1-21-14-6-2-4-12(10-14)8-9-18-17(20)16-15-7-3-5-13(15)11-19-16/h2,4,6,10,13,15-16,19H,3,5,7-9,11H2,1H3,(H,18,20). The van der Waals surface area contributed by atoms with Crippen molar-refractivity contribution in [3.8, 4) is 5.75 Å². The molecule has 1 aromatic carbocycles. The second kappa shape index (κ2) is 6.48. The summed E-state index contributed by atoms with van der Waals surface area (Å²) in [5.41, 5.74) is 1.19. The van der Waals surface area contributed by atoms with Crippen molar-refractivity contribution in [1.29, 1.82) is 0 Å². The van der Waals surface area contributed by atoms with Gasteiger partial charge in [-0.05, 0) is 55.3 Å². The molecule has 114 valence electrons. The molecule has 1 amide bonds. The molecule has 3 rings (SSSR count). The minimum absolute atomic E-state index is 0.0304. The number of ether oxygens (including phenoxy) is 1. The number of fused-ring (bicyclic) bond motifs is 1. The highest BCUT2D eigenvalue weighted by atomic mass is 16.5. The first kappa shape index (κ1) is 14.4. The van der Waals surface area contributed by atoms with Crippen molar-refractivity contribution < 1.29 is 9.53 Å². The predicted octanol–water partition coefficient (Wildman–Crippen LogP) is 1.74. The van der Waals surface area contributed by atoms with Crippen molar-refractivity contribution in [1.82, 2.24) is 10.6 Å². The number of hydrogen-bond donors (Lipinski definition) is 2. The largest absolute Gasteiger partial charge is 0.497 e. The molecule has 0 bridgehead atoms. The van der Waals surface area contributed by atoms with Gasteiger partial charge in [0.25, 0.3) is 0 Å². The molecule has 1 aliphatic carbocycles. The van der Waals surface area contributed by atoms with Crippen LogP contribution in [0.4, 0.5) is 0 Å². The Morgan fingerprint density at radius 1 is 1.43 bits per heavy atom. The Labute approximate surface area is 126 Å². The van der Waals surface area contributed by atoms with Crippen LogP contribution in [-0.2, 0) is 11.2 Å². The maximum atomic E-state index is 12.3. The van der Waals surface area contributed by atoms with Crippen molar-refractivity contribution in [2.75, 3.05) is 20.2 Å². The third-order valence-electron chi connectivity index (χ3n) is 4.88. The van der Waals surface area contributed by atoms with Gasteiger partial charge in [-0.15, -0.1) is 0 Å². The summed E-state index contributed by atoms with van der Waals surface area (Å²) >= 11 is 0. The van der Waals surface area contributed by atoms with Crippen LogP contribution in [-0.4, -0.2) is 32.1 Å². The molecule has 1 heterocycles. The number of rotatable bonds is 5. The molecule has 0 radical (unpaired) electrons. The summed E-state index contributed by atoms with van der Waals surface area (Å²) in [6.45, 7) is 1.69. The molecule has 0 aromatic heterocycles. The molecule has 3 atom stereocenters. The van der Waals surface area contributed by atoms with Crippen LogP contribution in [0.25, 0.3) is 0 Å². The Morgan fingerprint density at radius 3 is 3.19 bits per heavy atom. The van der Waals surface area contributed by atoms with Gasteiger partial charge in [0.1, 0.15) is 5.75 Å². The molecule has 2 fully saturated rings. The van der Waals surface area contributed by atoms with E-state index in [1.54, 1.807) is 7.11 Å². The Bertz CT molecular complexity index is 503. The Morgan fingerprint density at radius 2 is 2.33 bits per heavy atom. The molecule has 1 saturated heterocycles. The fraction of sp³-hybridized carbons (Fsp3) is 0.588. The summed E-state index contributed by atoms with van der Waals surface area (Å²) in [5, 5.41) is 6.47. The van der Waals surface area contributed by atoms with E-state index >= 15 is 0 Å². The van der Waals surface area contributed by atoms with Gasteiger partial charge in [-0.25, -0.2) is 0 Å². The lowest BCUT2D eigenvalue weighted by molar-refractivity contribution is -0.123. The van der Waals surface area contributed by atoms with Gasteiger partial charge in [0.05, 0.1) is 13.2 Å². The van der Waals surface area contributed by atoms with Crippen molar-refractivity contribution in [3.05, 3.63) is 29.8 Å². The zero-order chi connectivity index (χ0) is 14.7. The predicted molar refractivity (Wildman–Crippen MR) is 82.3 cm³/mol. The molecule has 0 spiro atoms. The first-order chi connectivity index (χ1) is 10.3. The van der Waals surface area contributed by atoms with Crippen molar-refractivity contribution in [3.63, 3.8) is 0 Å². The van der Waals surface area contributed by atoms with Crippen LogP contribution in [0.3, 0.4) is 0 Å². The van der Waals surface area contributed by atoms with Crippen LogP contribution in [0.2, 0.25) is 0 Å². The van der Waals surface area contributed by atoms with Crippen LogP contribution >= 0.6 is 0 Å². The van der Waals surface area contributed by atoms with Crippen molar-refractivity contribution in [2.24, 2.45) is 11.8 Å². The van der Waals surface area contributed by atoms with Gasteiger partial charge in [-0.1, -0.05) is 18.6 Å². The Hall–Kier alpha value is -1.55. The summed E-state index contributed by atoms with van der Waals surface area (Å²) in [6.07, 6.45) is 4.60. The molecular formula is C17H24N2O2. The van der Waals surface area contributed by atoms with Gasteiger partial charge in [-0.2, -0.15) is 0 Å². The normalized spacial score (nSPS) is 27.4. The summed E-state index contributed by atoms with van der Waals surface area (Å²) in [7, 11) is 1.67. The average molecular weight is 288 g/mol. The third kappa shape index (κ3) is 3.21. The first-order valence-corrected chi connectivity index (χ1v) is 7.92. The van der Waals surface area contributed by atoms with E-state index in [4.69, 9.17) is 4.74 Å². The minimum Gasteiger partial charge on any atom is -0.497 e. The third-order valence-corrected chi connectivity index (χ3v) is 4.88. The number of methoxy groups -OCH3 is 1. The van der Waals surface area contributed by atoms with E-state index < -0.39 is 0 Å². The zero-order valence-corrected chi connectivity index (χ0v) is 12.6. The van der Waals surface area contributed by atoms with Gasteiger partial charge in [0, 0.05) is 6.54 Å². The van der Waals surface area contributed by atoms with Crippen molar-refractivity contribution >= 4 is 5.91 Å². The SMILES string of the molecule is COc1cccc(CCNC(=O)C2NCC3CCCC32)c1. The summed E-state index contributed by atoms with van der Waals surface area (Å²) in [4.78, 5) is 12.3. The van der Waals surface area contributed by atoms with Crippen LogP contribution in [0.5, 0.6) is 5.75 Å². The summed E-state index contributed by atoms with van der Waals surface area (Å²) < 4.78 is 5.21. The molecule has 1 aliphatic heterocycles. The average Bonchev–Trinajstić information content (AvgIpc) is 3.10. The molecule has 1 saturated carbocycles. The number of benzene rings is 1. The number of nitrogens with one attached hydrogen (secondary N) is 2. The van der Waals surface area contributed by atoms with Crippen LogP contribution < -0.4 is 15.4 Å². The fourth-order valence-corrected chi connectivity index (χ4v) is 3.74. The van der Waals surface area contributed by atoms with Crippen molar-refractivity contribution in [2.45, 2.75) is 31.7 Å². The molecule has 2 N–H and O–H groups in total. The van der Waals surface area contributed by atoms with Gasteiger partial charge in [0.2, 0.25) is 5.91 Å². The molecular weight excluding hydrogens is 264 g/mol. The van der Waals surface area contributed by atoms with Gasteiger partial charge in [-0.3, -0.25) is 4.79 Å². The minimum atomic E-state index is 0.0304. The van der Waals surface area contributed by atoms with E-state index in [0.29, 0.717) is 12.5 Å². The van der Waals surface area contributed by atoms with E-state index in [9.17, 15) is 4.79 Å². The second-order valence-electron chi connectivity index (χ2n) is 6.13. The molecule has 1 aromatic rings. The first-order valence-electron chi connectivity index (χ1n) is 7.92. The highest BCUT2D eigenvalue weighted by molar-refractivity contribution is 5.82. The summed E-state index contributed by atoms with van der Waals surface area (Å²) in [5.74, 6) is 2.32. The quantitative estimate of drug-likeness (QED) is 0.868. The van der Waals surface area contributed by atoms with Gasteiger partial charge >= 0.3 is 0 Å². The fourth-order valence-electron chi connectivity index (χ4n) is 3.74. The van der Waals surface area contributed by atoms with Crippen LogP contribution in [0.15, 0.2) is 24.3 Å². The molecule has 4 nitrogen and oxygen atoms in total. The smallest absolute Gasteiger partial charge is 0.237 e.